The fourth-order valence-corrected chi connectivity index (χ4v) is 4.06. The number of likely N-dealkylation sites (N-methyl/N-ethyl adjacent to an activating group) is 1. The SMILES string of the molecule is CC(=O)N1CCc2c(c(Nc3ccc(C4C=NN(CCN(C)C)C4)cc3)nn2C)C1. The molecule has 0 fully saturated rings. The number of nitrogens with zero attached hydrogens (tertiary/aromatic N) is 6. The Bertz CT molecular complexity index is 932. The number of hydrogen-bond acceptors (Lipinski definition) is 6. The smallest absolute Gasteiger partial charge is 0.219 e. The number of aromatic nitrogens is 2. The molecule has 2 aromatic rings. The van der Waals surface area contributed by atoms with E-state index in [2.05, 4.69) is 63.8 Å². The average molecular weight is 410 g/mol. The Balaban J connectivity index is 1.42. The Morgan fingerprint density at radius 3 is 2.73 bits per heavy atom. The van der Waals surface area contributed by atoms with Crippen LogP contribution in [0.5, 0.6) is 0 Å². The molecule has 0 saturated heterocycles. The molecule has 1 aromatic heterocycles. The number of hydrazone groups is 1. The predicted octanol–water partition coefficient (Wildman–Crippen LogP) is 2.01. The molecule has 0 bridgehead atoms. The first kappa shape index (κ1) is 20.4. The van der Waals surface area contributed by atoms with Crippen LogP contribution in [0.1, 0.15) is 29.7 Å². The van der Waals surface area contributed by atoms with Gasteiger partial charge in [0.05, 0.1) is 6.54 Å². The number of rotatable bonds is 6. The largest absolute Gasteiger partial charge is 0.338 e. The zero-order valence-electron chi connectivity index (χ0n) is 18.3. The first-order chi connectivity index (χ1) is 14.4. The van der Waals surface area contributed by atoms with Gasteiger partial charge in [-0.1, -0.05) is 12.1 Å². The van der Waals surface area contributed by atoms with Gasteiger partial charge in [-0.2, -0.15) is 10.2 Å². The highest BCUT2D eigenvalue weighted by molar-refractivity contribution is 5.74. The van der Waals surface area contributed by atoms with Gasteiger partial charge in [0, 0.05) is 75.6 Å². The van der Waals surface area contributed by atoms with Gasteiger partial charge < -0.3 is 15.1 Å². The zero-order valence-corrected chi connectivity index (χ0v) is 18.3. The van der Waals surface area contributed by atoms with Gasteiger partial charge in [-0.3, -0.25) is 14.5 Å². The molecule has 1 aromatic carbocycles. The number of benzene rings is 1. The van der Waals surface area contributed by atoms with Crippen molar-refractivity contribution in [3.05, 3.63) is 41.1 Å². The summed E-state index contributed by atoms with van der Waals surface area (Å²) in [6.07, 6.45) is 2.88. The number of hydrogen-bond donors (Lipinski definition) is 1. The van der Waals surface area contributed by atoms with E-state index < -0.39 is 0 Å². The molecule has 1 atom stereocenters. The fraction of sp³-hybridized carbons (Fsp3) is 0.500. The number of nitrogens with one attached hydrogen (secondary N) is 1. The third-order valence-electron chi connectivity index (χ3n) is 5.91. The normalized spacial score (nSPS) is 18.2. The van der Waals surface area contributed by atoms with E-state index in [9.17, 15) is 4.79 Å². The summed E-state index contributed by atoms with van der Waals surface area (Å²) in [6.45, 7) is 5.87. The van der Waals surface area contributed by atoms with Gasteiger partial charge in [0.1, 0.15) is 0 Å². The third-order valence-corrected chi connectivity index (χ3v) is 5.91. The van der Waals surface area contributed by atoms with Crippen molar-refractivity contribution in [3.63, 3.8) is 0 Å². The van der Waals surface area contributed by atoms with Crippen LogP contribution < -0.4 is 5.32 Å². The molecule has 4 rings (SSSR count). The second kappa shape index (κ2) is 8.47. The maximum Gasteiger partial charge on any atom is 0.219 e. The molecule has 160 valence electrons. The molecule has 0 spiro atoms. The molecule has 1 unspecified atom stereocenters. The lowest BCUT2D eigenvalue weighted by molar-refractivity contribution is -0.129. The highest BCUT2D eigenvalue weighted by atomic mass is 16.2. The topological polar surface area (TPSA) is 69.0 Å². The van der Waals surface area contributed by atoms with Crippen molar-refractivity contribution in [3.8, 4) is 0 Å². The summed E-state index contributed by atoms with van der Waals surface area (Å²) < 4.78 is 1.93. The number of carbonyl (C=O) groups excluding carboxylic acids is 1. The standard InChI is InChI=1S/C22H31N7O/c1-16(30)28-10-9-21-20(15-28)22(25-27(21)4)24-19-7-5-17(6-8-19)18-13-23-29(14-18)12-11-26(2)3/h5-8,13,18H,9-12,14-15H2,1-4H3,(H,24,25). The van der Waals surface area contributed by atoms with Crippen LogP contribution in [-0.4, -0.2) is 77.0 Å². The second-order valence-electron chi connectivity index (χ2n) is 8.42. The van der Waals surface area contributed by atoms with Gasteiger partial charge in [-0.05, 0) is 31.8 Å². The summed E-state index contributed by atoms with van der Waals surface area (Å²) in [5, 5.41) is 14.8. The highest BCUT2D eigenvalue weighted by Gasteiger charge is 2.25. The minimum absolute atomic E-state index is 0.109. The van der Waals surface area contributed by atoms with Crippen LogP contribution in [0.2, 0.25) is 0 Å². The van der Waals surface area contributed by atoms with E-state index in [1.54, 1.807) is 6.92 Å². The van der Waals surface area contributed by atoms with Crippen LogP contribution in [-0.2, 0) is 24.8 Å². The number of aryl methyl sites for hydroxylation is 1. The quantitative estimate of drug-likeness (QED) is 0.791. The summed E-state index contributed by atoms with van der Waals surface area (Å²) in [6, 6.07) is 8.51. The van der Waals surface area contributed by atoms with Crippen LogP contribution in [0.4, 0.5) is 11.5 Å². The van der Waals surface area contributed by atoms with E-state index in [-0.39, 0.29) is 5.91 Å². The molecule has 2 aliphatic rings. The van der Waals surface area contributed by atoms with E-state index in [0.29, 0.717) is 12.5 Å². The Morgan fingerprint density at radius 2 is 2.03 bits per heavy atom. The number of carbonyl (C=O) groups is 1. The minimum atomic E-state index is 0.109. The van der Waals surface area contributed by atoms with Crippen LogP contribution in [0.3, 0.4) is 0 Å². The maximum absolute atomic E-state index is 11.8. The summed E-state index contributed by atoms with van der Waals surface area (Å²) in [4.78, 5) is 15.9. The predicted molar refractivity (Wildman–Crippen MR) is 119 cm³/mol. The van der Waals surface area contributed by atoms with Crippen LogP contribution >= 0.6 is 0 Å². The average Bonchev–Trinajstić information content (AvgIpc) is 3.32. The van der Waals surface area contributed by atoms with Crippen molar-refractivity contribution in [2.24, 2.45) is 12.1 Å². The molecule has 8 nitrogen and oxygen atoms in total. The van der Waals surface area contributed by atoms with Crippen molar-refractivity contribution in [1.29, 1.82) is 0 Å². The Morgan fingerprint density at radius 1 is 1.27 bits per heavy atom. The number of fused-ring (bicyclic) bond motifs is 1. The first-order valence-electron chi connectivity index (χ1n) is 10.5. The molecule has 8 heteroatoms. The second-order valence-corrected chi connectivity index (χ2v) is 8.42. The molecular formula is C22H31N7O. The van der Waals surface area contributed by atoms with Crippen molar-refractivity contribution in [2.75, 3.05) is 45.6 Å². The highest BCUT2D eigenvalue weighted by Crippen LogP contribution is 2.29. The Kier molecular flexibility index (Phi) is 5.76. The molecule has 1 N–H and O–H groups in total. The monoisotopic (exact) mass is 409 g/mol. The minimum Gasteiger partial charge on any atom is -0.338 e. The molecule has 1 amide bonds. The molecule has 0 aliphatic carbocycles. The Hall–Kier alpha value is -2.87. The molecule has 2 aliphatic heterocycles. The lowest BCUT2D eigenvalue weighted by Crippen LogP contribution is -2.34. The van der Waals surface area contributed by atoms with Crippen LogP contribution in [0.25, 0.3) is 0 Å². The van der Waals surface area contributed by atoms with Crippen molar-refractivity contribution < 1.29 is 4.79 Å². The van der Waals surface area contributed by atoms with Crippen LogP contribution in [0.15, 0.2) is 29.4 Å². The van der Waals surface area contributed by atoms with E-state index in [0.717, 1.165) is 49.7 Å². The number of amides is 1. The summed E-state index contributed by atoms with van der Waals surface area (Å²) in [7, 11) is 6.14. The van der Waals surface area contributed by atoms with E-state index in [4.69, 9.17) is 0 Å². The maximum atomic E-state index is 11.8. The van der Waals surface area contributed by atoms with E-state index in [1.165, 1.54) is 11.3 Å². The third kappa shape index (κ3) is 4.33. The molecule has 0 radical (unpaired) electrons. The van der Waals surface area contributed by atoms with Crippen molar-refractivity contribution in [2.45, 2.75) is 25.8 Å². The van der Waals surface area contributed by atoms with Gasteiger partial charge >= 0.3 is 0 Å². The number of anilines is 2. The lowest BCUT2D eigenvalue weighted by atomic mass is 10.0. The van der Waals surface area contributed by atoms with Crippen LogP contribution in [0, 0.1) is 0 Å². The molecule has 0 saturated carbocycles. The van der Waals surface area contributed by atoms with E-state index >= 15 is 0 Å². The Labute approximate surface area is 178 Å². The molecular weight excluding hydrogens is 378 g/mol. The fourth-order valence-electron chi connectivity index (χ4n) is 4.06. The van der Waals surface area contributed by atoms with Gasteiger partial charge in [0.25, 0.3) is 0 Å². The van der Waals surface area contributed by atoms with Crippen molar-refractivity contribution >= 4 is 23.6 Å². The summed E-state index contributed by atoms with van der Waals surface area (Å²) in [5.41, 5.74) is 4.58. The summed E-state index contributed by atoms with van der Waals surface area (Å²) >= 11 is 0. The lowest BCUT2D eigenvalue weighted by Gasteiger charge is -2.26. The van der Waals surface area contributed by atoms with Gasteiger partial charge in [-0.25, -0.2) is 0 Å². The molecule has 3 heterocycles. The zero-order chi connectivity index (χ0) is 21.3. The van der Waals surface area contributed by atoms with Crippen molar-refractivity contribution in [1.82, 2.24) is 24.6 Å². The van der Waals surface area contributed by atoms with E-state index in [1.807, 2.05) is 22.8 Å². The molecule has 30 heavy (non-hydrogen) atoms. The first-order valence-corrected chi connectivity index (χ1v) is 10.5. The van der Waals surface area contributed by atoms with Gasteiger partial charge in [-0.15, -0.1) is 0 Å². The summed E-state index contributed by atoms with van der Waals surface area (Å²) in [5.74, 6) is 1.27. The van der Waals surface area contributed by atoms with Gasteiger partial charge in [0.15, 0.2) is 5.82 Å². The van der Waals surface area contributed by atoms with Gasteiger partial charge in [0.2, 0.25) is 5.91 Å².